The van der Waals surface area contributed by atoms with Crippen LogP contribution in [-0.4, -0.2) is 31.1 Å². The minimum Gasteiger partial charge on any atom is -0.490 e. The minimum atomic E-state index is -0.526. The third-order valence-corrected chi connectivity index (χ3v) is 2.54. The van der Waals surface area contributed by atoms with Gasteiger partial charge < -0.3 is 14.2 Å². The van der Waals surface area contributed by atoms with Gasteiger partial charge in [-0.1, -0.05) is 0 Å². The molecule has 0 saturated carbocycles. The van der Waals surface area contributed by atoms with Crippen molar-refractivity contribution in [3.05, 3.63) is 23.8 Å². The molecule has 0 spiro atoms. The van der Waals surface area contributed by atoms with Crippen molar-refractivity contribution in [3.8, 4) is 11.5 Å². The van der Waals surface area contributed by atoms with Crippen molar-refractivity contribution in [1.82, 2.24) is 0 Å². The molecule has 5 heteroatoms. The SMILES string of the molecule is CCOc1ccc(C(=O)CC(=O)OC(C)C)cc1OCC. The zero-order valence-corrected chi connectivity index (χ0v) is 13.0. The van der Waals surface area contributed by atoms with Crippen LogP contribution < -0.4 is 9.47 Å². The molecule has 0 radical (unpaired) electrons. The molecule has 0 bridgehead atoms. The molecule has 0 N–H and O–H groups in total. The Morgan fingerprint density at radius 2 is 1.67 bits per heavy atom. The van der Waals surface area contributed by atoms with E-state index in [1.807, 2.05) is 13.8 Å². The molecule has 116 valence electrons. The fourth-order valence-corrected chi connectivity index (χ4v) is 1.76. The first-order valence-corrected chi connectivity index (χ1v) is 7.10. The second-order valence-electron chi connectivity index (χ2n) is 4.67. The molecule has 1 aromatic rings. The predicted octanol–water partition coefficient (Wildman–Crippen LogP) is 3.01. The van der Waals surface area contributed by atoms with Crippen LogP contribution in [0.2, 0.25) is 0 Å². The largest absolute Gasteiger partial charge is 0.490 e. The molecule has 0 heterocycles. The molecule has 0 aliphatic rings. The highest BCUT2D eigenvalue weighted by atomic mass is 16.5. The van der Waals surface area contributed by atoms with E-state index in [0.717, 1.165) is 0 Å². The van der Waals surface area contributed by atoms with Crippen LogP contribution >= 0.6 is 0 Å². The lowest BCUT2D eigenvalue weighted by atomic mass is 10.1. The molecule has 0 aromatic heterocycles. The van der Waals surface area contributed by atoms with E-state index < -0.39 is 5.97 Å². The first-order valence-electron chi connectivity index (χ1n) is 7.10. The summed E-state index contributed by atoms with van der Waals surface area (Å²) >= 11 is 0. The zero-order chi connectivity index (χ0) is 15.8. The molecular weight excluding hydrogens is 272 g/mol. The van der Waals surface area contributed by atoms with Gasteiger partial charge in [0.05, 0.1) is 19.3 Å². The average molecular weight is 294 g/mol. The molecule has 0 aliphatic heterocycles. The van der Waals surface area contributed by atoms with Crippen LogP contribution in [-0.2, 0) is 9.53 Å². The number of Topliss-reactive ketones (excluding diaryl/α,β-unsaturated/α-hetero) is 1. The topological polar surface area (TPSA) is 61.8 Å². The number of carbonyl (C=O) groups is 2. The predicted molar refractivity (Wildman–Crippen MR) is 79.0 cm³/mol. The Kier molecular flexibility index (Phi) is 6.72. The second kappa shape index (κ2) is 8.29. The van der Waals surface area contributed by atoms with Gasteiger partial charge in [0.1, 0.15) is 6.42 Å². The van der Waals surface area contributed by atoms with Gasteiger partial charge in [-0.3, -0.25) is 9.59 Å². The van der Waals surface area contributed by atoms with Gasteiger partial charge >= 0.3 is 5.97 Å². The molecule has 1 rings (SSSR count). The van der Waals surface area contributed by atoms with Crippen LogP contribution in [0.4, 0.5) is 0 Å². The molecule has 1 aromatic carbocycles. The third kappa shape index (κ3) is 5.45. The van der Waals surface area contributed by atoms with Gasteiger partial charge in [-0.25, -0.2) is 0 Å². The molecule has 5 nitrogen and oxygen atoms in total. The van der Waals surface area contributed by atoms with Crippen molar-refractivity contribution < 1.29 is 23.8 Å². The molecule has 21 heavy (non-hydrogen) atoms. The van der Waals surface area contributed by atoms with E-state index in [9.17, 15) is 9.59 Å². The molecule has 0 unspecified atom stereocenters. The van der Waals surface area contributed by atoms with E-state index in [4.69, 9.17) is 14.2 Å². The summed E-state index contributed by atoms with van der Waals surface area (Å²) < 4.78 is 15.9. The summed E-state index contributed by atoms with van der Waals surface area (Å²) in [5.74, 6) is 0.259. The second-order valence-corrected chi connectivity index (χ2v) is 4.67. The smallest absolute Gasteiger partial charge is 0.313 e. The number of hydrogen-bond acceptors (Lipinski definition) is 5. The van der Waals surface area contributed by atoms with E-state index in [2.05, 4.69) is 0 Å². The summed E-state index contributed by atoms with van der Waals surface area (Å²) in [4.78, 5) is 23.6. The number of hydrogen-bond donors (Lipinski definition) is 0. The van der Waals surface area contributed by atoms with Crippen molar-refractivity contribution in [2.24, 2.45) is 0 Å². The van der Waals surface area contributed by atoms with E-state index in [1.165, 1.54) is 0 Å². The number of ketones is 1. The first kappa shape index (κ1) is 17.0. The Morgan fingerprint density at radius 3 is 2.24 bits per heavy atom. The van der Waals surface area contributed by atoms with Crippen molar-refractivity contribution in [2.45, 2.75) is 40.2 Å². The lowest BCUT2D eigenvalue weighted by molar-refractivity contribution is -0.146. The molecule has 0 fully saturated rings. The lowest BCUT2D eigenvalue weighted by Gasteiger charge is -2.12. The summed E-state index contributed by atoms with van der Waals surface area (Å²) in [6.45, 7) is 8.18. The van der Waals surface area contributed by atoms with E-state index in [0.29, 0.717) is 30.3 Å². The Labute approximate surface area is 125 Å². The van der Waals surface area contributed by atoms with Gasteiger partial charge in [-0.2, -0.15) is 0 Å². The monoisotopic (exact) mass is 294 g/mol. The van der Waals surface area contributed by atoms with Crippen LogP contribution in [0.15, 0.2) is 18.2 Å². The highest BCUT2D eigenvalue weighted by Gasteiger charge is 2.16. The Bertz CT molecular complexity index is 493. The van der Waals surface area contributed by atoms with Crippen molar-refractivity contribution in [1.29, 1.82) is 0 Å². The van der Waals surface area contributed by atoms with Crippen molar-refractivity contribution in [3.63, 3.8) is 0 Å². The fourth-order valence-electron chi connectivity index (χ4n) is 1.76. The van der Waals surface area contributed by atoms with Crippen LogP contribution in [0.3, 0.4) is 0 Å². The maximum atomic E-state index is 12.1. The van der Waals surface area contributed by atoms with Crippen molar-refractivity contribution in [2.75, 3.05) is 13.2 Å². The molecule has 0 amide bonds. The maximum Gasteiger partial charge on any atom is 0.313 e. The van der Waals surface area contributed by atoms with E-state index in [-0.39, 0.29) is 18.3 Å². The Hall–Kier alpha value is -2.04. The highest BCUT2D eigenvalue weighted by molar-refractivity contribution is 6.06. The number of benzene rings is 1. The van der Waals surface area contributed by atoms with Gasteiger partial charge in [0.2, 0.25) is 0 Å². The van der Waals surface area contributed by atoms with Crippen molar-refractivity contribution >= 4 is 11.8 Å². The quantitative estimate of drug-likeness (QED) is 0.419. The zero-order valence-electron chi connectivity index (χ0n) is 13.0. The number of carbonyl (C=O) groups excluding carboxylic acids is 2. The molecular formula is C16H22O5. The molecule has 0 saturated heterocycles. The first-order chi connectivity index (χ1) is 9.97. The van der Waals surface area contributed by atoms with Crippen LogP contribution in [0.5, 0.6) is 11.5 Å². The van der Waals surface area contributed by atoms with Gasteiger partial charge in [-0.15, -0.1) is 0 Å². The number of rotatable bonds is 8. The third-order valence-electron chi connectivity index (χ3n) is 2.54. The summed E-state index contributed by atoms with van der Waals surface area (Å²) in [5, 5.41) is 0. The standard InChI is InChI=1S/C16H22O5/c1-5-19-14-8-7-12(9-15(14)20-6-2)13(17)10-16(18)21-11(3)4/h7-9,11H,5-6,10H2,1-4H3. The van der Waals surface area contributed by atoms with E-state index >= 15 is 0 Å². The molecule has 0 atom stereocenters. The van der Waals surface area contributed by atoms with E-state index in [1.54, 1.807) is 32.0 Å². The summed E-state index contributed by atoms with van der Waals surface area (Å²) in [7, 11) is 0. The number of esters is 1. The highest BCUT2D eigenvalue weighted by Crippen LogP contribution is 2.29. The number of ether oxygens (including phenoxy) is 3. The average Bonchev–Trinajstić information content (AvgIpc) is 2.40. The Balaban J connectivity index is 2.84. The van der Waals surface area contributed by atoms with Gasteiger partial charge in [0.15, 0.2) is 17.3 Å². The van der Waals surface area contributed by atoms with Crippen LogP contribution in [0.25, 0.3) is 0 Å². The van der Waals surface area contributed by atoms with Crippen LogP contribution in [0.1, 0.15) is 44.5 Å². The summed E-state index contributed by atoms with van der Waals surface area (Å²) in [6.07, 6.45) is -0.512. The van der Waals surface area contributed by atoms with Gasteiger partial charge in [0, 0.05) is 5.56 Å². The summed E-state index contributed by atoms with van der Waals surface area (Å²) in [6, 6.07) is 4.90. The van der Waals surface area contributed by atoms with Crippen LogP contribution in [0, 0.1) is 0 Å². The maximum absolute atomic E-state index is 12.1. The summed E-state index contributed by atoms with van der Waals surface area (Å²) in [5.41, 5.74) is 0.405. The Morgan fingerprint density at radius 1 is 1.05 bits per heavy atom. The fraction of sp³-hybridized carbons (Fsp3) is 0.500. The lowest BCUT2D eigenvalue weighted by Crippen LogP contribution is -2.15. The minimum absolute atomic E-state index is 0.232. The van der Waals surface area contributed by atoms with Gasteiger partial charge in [0.25, 0.3) is 0 Å². The molecule has 0 aliphatic carbocycles. The van der Waals surface area contributed by atoms with Gasteiger partial charge in [-0.05, 0) is 45.9 Å². The normalized spacial score (nSPS) is 10.3.